The van der Waals surface area contributed by atoms with Crippen LogP contribution in [0.4, 0.5) is 0 Å². The van der Waals surface area contributed by atoms with Crippen molar-refractivity contribution in [3.63, 3.8) is 0 Å². The predicted octanol–water partition coefficient (Wildman–Crippen LogP) is 5.34. The van der Waals surface area contributed by atoms with Crippen molar-refractivity contribution in [2.45, 2.75) is 25.6 Å². The first-order valence-electron chi connectivity index (χ1n) is 10.3. The van der Waals surface area contributed by atoms with Gasteiger partial charge in [0.15, 0.2) is 0 Å². The van der Waals surface area contributed by atoms with E-state index in [2.05, 4.69) is 41.4 Å². The monoisotopic (exact) mass is 400 g/mol. The van der Waals surface area contributed by atoms with Crippen molar-refractivity contribution in [3.05, 3.63) is 89.5 Å². The Balaban J connectivity index is 1.52. The maximum absolute atomic E-state index is 6.41. The number of hydrazone groups is 1. The molecule has 5 nitrogen and oxygen atoms in total. The Morgan fingerprint density at radius 3 is 2.43 bits per heavy atom. The van der Waals surface area contributed by atoms with E-state index in [1.54, 1.807) is 7.11 Å². The molecule has 0 radical (unpaired) electrons. The Morgan fingerprint density at radius 2 is 1.70 bits per heavy atom. The van der Waals surface area contributed by atoms with E-state index in [9.17, 15) is 0 Å². The lowest BCUT2D eigenvalue weighted by Gasteiger charge is -2.38. The molecular weight excluding hydrogens is 376 g/mol. The zero-order valence-corrected chi connectivity index (χ0v) is 17.1. The molecule has 5 rings (SSSR count). The molecule has 2 aliphatic rings. The highest BCUT2D eigenvalue weighted by molar-refractivity contribution is 6.02. The van der Waals surface area contributed by atoms with Crippen molar-refractivity contribution < 1.29 is 14.2 Å². The van der Waals surface area contributed by atoms with E-state index < -0.39 is 0 Å². The average molecular weight is 400 g/mol. The minimum Gasteiger partial charge on any atom is -0.497 e. The van der Waals surface area contributed by atoms with E-state index in [1.165, 1.54) is 5.56 Å². The van der Waals surface area contributed by atoms with Crippen molar-refractivity contribution in [2.75, 3.05) is 13.7 Å². The van der Waals surface area contributed by atoms with Gasteiger partial charge in [0.2, 0.25) is 6.23 Å². The van der Waals surface area contributed by atoms with Crippen LogP contribution in [-0.4, -0.2) is 24.4 Å². The smallest absolute Gasteiger partial charge is 0.213 e. The minimum absolute atomic E-state index is 0.142. The number of nitrogens with zero attached hydrogens (tertiary/aromatic N) is 2. The molecule has 0 saturated heterocycles. The highest BCUT2D eigenvalue weighted by Gasteiger charge is 2.40. The molecule has 0 aliphatic carbocycles. The topological polar surface area (TPSA) is 43.3 Å². The van der Waals surface area contributed by atoms with Crippen LogP contribution in [0.2, 0.25) is 0 Å². The van der Waals surface area contributed by atoms with Crippen LogP contribution in [0.25, 0.3) is 0 Å². The second kappa shape index (κ2) is 7.75. The molecule has 3 aromatic carbocycles. The van der Waals surface area contributed by atoms with Gasteiger partial charge in [-0.05, 0) is 67.1 Å². The Morgan fingerprint density at radius 1 is 0.967 bits per heavy atom. The number of ether oxygens (including phenoxy) is 3. The molecule has 0 aromatic heterocycles. The first kappa shape index (κ1) is 18.6. The molecule has 152 valence electrons. The first-order valence-corrected chi connectivity index (χ1v) is 10.3. The van der Waals surface area contributed by atoms with Gasteiger partial charge in [-0.15, -0.1) is 0 Å². The fraction of sp³-hybridized carbons (Fsp3) is 0.240. The standard InChI is InChI=1S/C25H24N2O3/c1-3-29-20-14-10-18(11-15-20)25-27-23(21-6-4-5-7-24(21)30-25)16-22(26-27)17-8-12-19(28-2)13-9-17/h4-15,23,25H,3,16H2,1-2H3/t23-,25-/m0/s1. The Kier molecular flexibility index (Phi) is 4.79. The number of fused-ring (bicyclic) bond motifs is 3. The molecular formula is C25H24N2O3. The average Bonchev–Trinajstić information content (AvgIpc) is 3.25. The van der Waals surface area contributed by atoms with E-state index in [1.807, 2.05) is 43.3 Å². The lowest BCUT2D eigenvalue weighted by molar-refractivity contribution is -0.0190. The van der Waals surface area contributed by atoms with E-state index >= 15 is 0 Å². The van der Waals surface area contributed by atoms with E-state index in [0.717, 1.165) is 40.5 Å². The molecule has 3 aromatic rings. The molecule has 2 heterocycles. The third kappa shape index (κ3) is 3.26. The van der Waals surface area contributed by atoms with Gasteiger partial charge in [0.1, 0.15) is 17.2 Å². The summed E-state index contributed by atoms with van der Waals surface area (Å²) < 4.78 is 17.3. The van der Waals surface area contributed by atoms with Crippen molar-refractivity contribution in [1.29, 1.82) is 0 Å². The van der Waals surface area contributed by atoms with E-state index in [0.29, 0.717) is 6.61 Å². The minimum atomic E-state index is -0.281. The molecule has 30 heavy (non-hydrogen) atoms. The highest BCUT2D eigenvalue weighted by Crippen LogP contribution is 2.47. The number of hydrogen-bond acceptors (Lipinski definition) is 5. The summed E-state index contributed by atoms with van der Waals surface area (Å²) in [6.45, 7) is 2.63. The molecule has 2 aliphatic heterocycles. The van der Waals surface area contributed by atoms with Gasteiger partial charge in [-0.3, -0.25) is 0 Å². The molecule has 0 fully saturated rings. The summed E-state index contributed by atoms with van der Waals surface area (Å²) in [5, 5.41) is 7.10. The second-order valence-electron chi connectivity index (χ2n) is 7.39. The van der Waals surface area contributed by atoms with Gasteiger partial charge in [-0.1, -0.05) is 18.2 Å². The normalized spacial score (nSPS) is 19.4. The van der Waals surface area contributed by atoms with Crippen molar-refractivity contribution in [2.24, 2.45) is 5.10 Å². The van der Waals surface area contributed by atoms with Crippen molar-refractivity contribution in [3.8, 4) is 17.2 Å². The zero-order chi connectivity index (χ0) is 20.5. The summed E-state index contributed by atoms with van der Waals surface area (Å²) in [4.78, 5) is 0. The molecule has 0 bridgehead atoms. The summed E-state index contributed by atoms with van der Waals surface area (Å²) in [5.74, 6) is 2.62. The van der Waals surface area contributed by atoms with Gasteiger partial charge in [-0.25, -0.2) is 5.01 Å². The maximum Gasteiger partial charge on any atom is 0.213 e. The quantitative estimate of drug-likeness (QED) is 0.580. The third-order valence-corrected chi connectivity index (χ3v) is 5.60. The van der Waals surface area contributed by atoms with Crippen LogP contribution < -0.4 is 14.2 Å². The fourth-order valence-electron chi connectivity index (χ4n) is 4.11. The highest BCUT2D eigenvalue weighted by atomic mass is 16.5. The third-order valence-electron chi connectivity index (χ3n) is 5.60. The molecule has 0 N–H and O–H groups in total. The van der Waals surface area contributed by atoms with Gasteiger partial charge >= 0.3 is 0 Å². The lowest BCUT2D eigenvalue weighted by atomic mass is 9.96. The first-order chi connectivity index (χ1) is 14.8. The summed E-state index contributed by atoms with van der Waals surface area (Å²) in [6, 6.07) is 24.6. The molecule has 0 spiro atoms. The van der Waals surface area contributed by atoms with Crippen molar-refractivity contribution >= 4 is 5.71 Å². The zero-order valence-electron chi connectivity index (χ0n) is 17.1. The SMILES string of the molecule is CCOc1ccc([C@@H]2Oc3ccccc3[C@@H]3CC(c4ccc(OC)cc4)=NN32)cc1. The van der Waals surface area contributed by atoms with Gasteiger partial charge in [0.25, 0.3) is 0 Å². The van der Waals surface area contributed by atoms with Crippen LogP contribution in [0.3, 0.4) is 0 Å². The van der Waals surface area contributed by atoms with Gasteiger partial charge in [0, 0.05) is 17.5 Å². The van der Waals surface area contributed by atoms with Gasteiger partial charge < -0.3 is 14.2 Å². The predicted molar refractivity (Wildman–Crippen MR) is 116 cm³/mol. The van der Waals surface area contributed by atoms with Crippen LogP contribution in [0.1, 0.15) is 42.3 Å². The van der Waals surface area contributed by atoms with E-state index in [4.69, 9.17) is 19.3 Å². The number of methoxy groups -OCH3 is 1. The van der Waals surface area contributed by atoms with Crippen LogP contribution in [0.15, 0.2) is 77.9 Å². The summed E-state index contributed by atoms with van der Waals surface area (Å²) in [6.07, 6.45) is 0.552. The van der Waals surface area contributed by atoms with Crippen LogP contribution >= 0.6 is 0 Å². The van der Waals surface area contributed by atoms with Crippen LogP contribution in [0, 0.1) is 0 Å². The maximum atomic E-state index is 6.41. The van der Waals surface area contributed by atoms with Crippen molar-refractivity contribution in [1.82, 2.24) is 5.01 Å². The lowest BCUT2D eigenvalue weighted by Crippen LogP contribution is -2.33. The van der Waals surface area contributed by atoms with Crippen LogP contribution in [0.5, 0.6) is 17.2 Å². The Bertz CT molecular complexity index is 1060. The Hall–Kier alpha value is -3.47. The summed E-state index contributed by atoms with van der Waals surface area (Å²) >= 11 is 0. The molecule has 5 heteroatoms. The molecule has 2 atom stereocenters. The molecule has 0 amide bonds. The largest absolute Gasteiger partial charge is 0.497 e. The second-order valence-corrected chi connectivity index (χ2v) is 7.39. The molecule has 0 saturated carbocycles. The fourth-order valence-corrected chi connectivity index (χ4v) is 4.11. The number of hydrogen-bond donors (Lipinski definition) is 0. The summed E-state index contributed by atoms with van der Waals surface area (Å²) in [5.41, 5.74) is 4.39. The van der Waals surface area contributed by atoms with E-state index in [-0.39, 0.29) is 12.3 Å². The van der Waals surface area contributed by atoms with Gasteiger partial charge in [0.05, 0.1) is 25.5 Å². The number of rotatable bonds is 5. The summed E-state index contributed by atoms with van der Waals surface area (Å²) in [7, 11) is 1.68. The number of benzene rings is 3. The van der Waals surface area contributed by atoms with Gasteiger partial charge in [-0.2, -0.15) is 5.10 Å². The Labute approximate surface area is 176 Å². The molecule has 0 unspecified atom stereocenters. The number of para-hydroxylation sites is 1. The van der Waals surface area contributed by atoms with Crippen LogP contribution in [-0.2, 0) is 0 Å².